The van der Waals surface area contributed by atoms with Crippen molar-refractivity contribution in [1.82, 2.24) is 10.2 Å². The largest absolute Gasteiger partial charge is 0.337 e. The molecule has 1 aliphatic heterocycles. The van der Waals surface area contributed by atoms with Gasteiger partial charge >= 0.3 is 0 Å². The predicted octanol–water partition coefficient (Wildman–Crippen LogP) is 2.23. The zero-order chi connectivity index (χ0) is 13.6. The van der Waals surface area contributed by atoms with Gasteiger partial charge in [0, 0.05) is 18.0 Å². The van der Waals surface area contributed by atoms with E-state index in [0.29, 0.717) is 6.04 Å². The molecule has 1 unspecified atom stereocenters. The molecule has 102 valence electrons. The second-order valence-corrected chi connectivity index (χ2v) is 6.39. The molecular formula is C16H22N2O. The molecule has 0 bridgehead atoms. The number of hydrogen-bond donors (Lipinski definition) is 1. The summed E-state index contributed by atoms with van der Waals surface area (Å²) in [5.74, 6) is 0.239. The number of fused-ring (bicyclic) bond motifs is 1. The van der Waals surface area contributed by atoms with Crippen molar-refractivity contribution in [2.45, 2.75) is 44.2 Å². The summed E-state index contributed by atoms with van der Waals surface area (Å²) in [6, 6.07) is 8.63. The van der Waals surface area contributed by atoms with E-state index in [0.717, 1.165) is 24.9 Å². The average molecular weight is 258 g/mol. The van der Waals surface area contributed by atoms with E-state index in [2.05, 4.69) is 42.3 Å². The first kappa shape index (κ1) is 12.7. The third kappa shape index (κ3) is 2.06. The molecule has 1 aromatic rings. The molecule has 1 saturated carbocycles. The Labute approximate surface area is 115 Å². The monoisotopic (exact) mass is 258 g/mol. The summed E-state index contributed by atoms with van der Waals surface area (Å²) in [6.45, 7) is 5.31. The number of hydrogen-bond acceptors (Lipinski definition) is 2. The molecule has 3 rings (SSSR count). The quantitative estimate of drug-likeness (QED) is 0.882. The van der Waals surface area contributed by atoms with Crippen molar-refractivity contribution in [3.63, 3.8) is 0 Å². The Balaban J connectivity index is 2.11. The van der Waals surface area contributed by atoms with Crippen LogP contribution in [0.2, 0.25) is 0 Å². The first-order valence-electron chi connectivity index (χ1n) is 7.12. The van der Waals surface area contributed by atoms with E-state index in [9.17, 15) is 4.79 Å². The van der Waals surface area contributed by atoms with E-state index in [1.807, 2.05) is 13.1 Å². The highest BCUT2D eigenvalue weighted by atomic mass is 16.2. The molecule has 2 aliphatic rings. The summed E-state index contributed by atoms with van der Waals surface area (Å²) in [5, 5.41) is 3.21. The van der Waals surface area contributed by atoms with Gasteiger partial charge < -0.3 is 10.2 Å². The summed E-state index contributed by atoms with van der Waals surface area (Å²) < 4.78 is 0. The van der Waals surface area contributed by atoms with Crippen molar-refractivity contribution in [3.05, 3.63) is 35.4 Å². The topological polar surface area (TPSA) is 32.3 Å². The van der Waals surface area contributed by atoms with Crippen LogP contribution in [0.5, 0.6) is 0 Å². The van der Waals surface area contributed by atoms with Crippen molar-refractivity contribution in [2.75, 3.05) is 13.6 Å². The van der Waals surface area contributed by atoms with Gasteiger partial charge in [0.15, 0.2) is 0 Å². The van der Waals surface area contributed by atoms with E-state index < -0.39 is 0 Å². The van der Waals surface area contributed by atoms with Crippen LogP contribution in [0.3, 0.4) is 0 Å². The van der Waals surface area contributed by atoms with Gasteiger partial charge in [-0.3, -0.25) is 4.79 Å². The number of benzene rings is 1. The Morgan fingerprint density at radius 1 is 1.26 bits per heavy atom. The van der Waals surface area contributed by atoms with Crippen molar-refractivity contribution in [3.8, 4) is 0 Å². The maximum Gasteiger partial charge on any atom is 0.244 e. The molecule has 1 fully saturated rings. The molecule has 0 spiro atoms. The van der Waals surface area contributed by atoms with E-state index in [4.69, 9.17) is 0 Å². The smallest absolute Gasteiger partial charge is 0.244 e. The molecule has 19 heavy (non-hydrogen) atoms. The van der Waals surface area contributed by atoms with E-state index >= 15 is 0 Å². The van der Waals surface area contributed by atoms with Crippen LogP contribution in [0, 0.1) is 0 Å². The fraction of sp³-hybridized carbons (Fsp3) is 0.562. The van der Waals surface area contributed by atoms with Gasteiger partial charge in [-0.15, -0.1) is 0 Å². The number of amides is 1. The first-order chi connectivity index (χ1) is 9.04. The molecule has 3 heteroatoms. The molecule has 0 radical (unpaired) electrons. The van der Waals surface area contributed by atoms with Gasteiger partial charge in [0.05, 0.1) is 0 Å². The number of carbonyl (C=O) groups excluding carboxylic acids is 1. The predicted molar refractivity (Wildman–Crippen MR) is 76.0 cm³/mol. The highest BCUT2D eigenvalue weighted by Crippen LogP contribution is 2.39. The molecule has 1 aromatic carbocycles. The third-order valence-electron chi connectivity index (χ3n) is 4.37. The van der Waals surface area contributed by atoms with Gasteiger partial charge in [-0.1, -0.05) is 38.1 Å². The maximum absolute atomic E-state index is 12.8. The highest BCUT2D eigenvalue weighted by Gasteiger charge is 2.43. The Bertz CT molecular complexity index is 505. The van der Waals surface area contributed by atoms with Crippen LogP contribution in [0.4, 0.5) is 0 Å². The van der Waals surface area contributed by atoms with E-state index in [1.54, 1.807) is 0 Å². The lowest BCUT2D eigenvalue weighted by molar-refractivity contribution is -0.134. The SMILES string of the molecule is CNC1C(=O)N(C2CC2)CC(C)(C)c2ccccc21. The van der Waals surface area contributed by atoms with Crippen molar-refractivity contribution < 1.29 is 4.79 Å². The Morgan fingerprint density at radius 2 is 1.95 bits per heavy atom. The first-order valence-corrected chi connectivity index (χ1v) is 7.12. The zero-order valence-corrected chi connectivity index (χ0v) is 11.9. The lowest BCUT2D eigenvalue weighted by atomic mass is 9.81. The van der Waals surface area contributed by atoms with Crippen LogP contribution in [0.1, 0.15) is 43.9 Å². The van der Waals surface area contributed by atoms with Crippen LogP contribution < -0.4 is 5.32 Å². The molecule has 1 N–H and O–H groups in total. The van der Waals surface area contributed by atoms with Gasteiger partial charge in [-0.2, -0.15) is 0 Å². The van der Waals surface area contributed by atoms with Crippen molar-refractivity contribution >= 4 is 5.91 Å². The van der Waals surface area contributed by atoms with Crippen molar-refractivity contribution in [1.29, 1.82) is 0 Å². The molecule has 0 aromatic heterocycles. The van der Waals surface area contributed by atoms with E-state index in [1.165, 1.54) is 5.56 Å². The Hall–Kier alpha value is -1.35. The second-order valence-electron chi connectivity index (χ2n) is 6.39. The van der Waals surface area contributed by atoms with Crippen LogP contribution in [0.25, 0.3) is 0 Å². The molecule has 3 nitrogen and oxygen atoms in total. The fourth-order valence-electron chi connectivity index (χ4n) is 3.23. The highest BCUT2D eigenvalue weighted by molar-refractivity contribution is 5.85. The summed E-state index contributed by atoms with van der Waals surface area (Å²) >= 11 is 0. The van der Waals surface area contributed by atoms with E-state index in [-0.39, 0.29) is 17.4 Å². The maximum atomic E-state index is 12.8. The van der Waals surface area contributed by atoms with Gasteiger partial charge in [-0.25, -0.2) is 0 Å². The number of nitrogens with zero attached hydrogens (tertiary/aromatic N) is 1. The van der Waals surface area contributed by atoms with Gasteiger partial charge in [0.2, 0.25) is 5.91 Å². The lowest BCUT2D eigenvalue weighted by Gasteiger charge is -2.31. The van der Waals surface area contributed by atoms with Gasteiger partial charge in [0.25, 0.3) is 0 Å². The molecule has 1 heterocycles. The van der Waals surface area contributed by atoms with Gasteiger partial charge in [-0.05, 0) is 31.0 Å². The minimum atomic E-state index is -0.196. The Morgan fingerprint density at radius 3 is 2.58 bits per heavy atom. The number of rotatable bonds is 2. The minimum Gasteiger partial charge on any atom is -0.337 e. The molecule has 0 saturated heterocycles. The van der Waals surface area contributed by atoms with Gasteiger partial charge in [0.1, 0.15) is 6.04 Å². The lowest BCUT2D eigenvalue weighted by Crippen LogP contribution is -2.43. The summed E-state index contributed by atoms with van der Waals surface area (Å²) in [7, 11) is 1.88. The third-order valence-corrected chi connectivity index (χ3v) is 4.37. The summed E-state index contributed by atoms with van der Waals surface area (Å²) in [5.41, 5.74) is 2.45. The molecular weight excluding hydrogens is 236 g/mol. The Kier molecular flexibility index (Phi) is 2.90. The standard InChI is InChI=1S/C16H22N2O/c1-16(2)10-18(11-8-9-11)15(19)14(17-3)12-6-4-5-7-13(12)16/h4-7,11,14,17H,8-10H2,1-3H3. The number of nitrogens with one attached hydrogen (secondary N) is 1. The van der Waals surface area contributed by atoms with Crippen molar-refractivity contribution in [2.24, 2.45) is 0 Å². The molecule has 1 amide bonds. The van der Waals surface area contributed by atoms with Crippen LogP contribution in [-0.4, -0.2) is 30.4 Å². The van der Waals surface area contributed by atoms with Crippen LogP contribution in [-0.2, 0) is 10.2 Å². The molecule has 1 atom stereocenters. The minimum absolute atomic E-state index is 0.0143. The summed E-state index contributed by atoms with van der Waals surface area (Å²) in [4.78, 5) is 14.9. The normalized spacial score (nSPS) is 25.9. The average Bonchev–Trinajstić information content (AvgIpc) is 3.21. The van der Waals surface area contributed by atoms with Crippen LogP contribution >= 0.6 is 0 Å². The number of likely N-dealkylation sites (N-methyl/N-ethyl adjacent to an activating group) is 1. The summed E-state index contributed by atoms with van der Waals surface area (Å²) in [6.07, 6.45) is 2.32. The second kappa shape index (κ2) is 4.34. The fourth-order valence-corrected chi connectivity index (χ4v) is 3.23. The van der Waals surface area contributed by atoms with Crippen LogP contribution in [0.15, 0.2) is 24.3 Å². The molecule has 1 aliphatic carbocycles. The zero-order valence-electron chi connectivity index (χ0n) is 11.9. The number of carbonyl (C=O) groups is 1.